The molecule has 0 radical (unpaired) electrons. The van der Waals surface area contributed by atoms with Gasteiger partial charge in [-0.05, 0) is 50.4 Å². The van der Waals surface area contributed by atoms with Crippen LogP contribution in [0.5, 0.6) is 0 Å². The van der Waals surface area contributed by atoms with E-state index in [9.17, 15) is 0 Å². The van der Waals surface area contributed by atoms with Gasteiger partial charge in [0.1, 0.15) is 0 Å². The second kappa shape index (κ2) is 6.75. The summed E-state index contributed by atoms with van der Waals surface area (Å²) < 4.78 is 0. The Morgan fingerprint density at radius 1 is 1.00 bits per heavy atom. The van der Waals surface area contributed by atoms with Crippen molar-refractivity contribution in [1.82, 2.24) is 10.2 Å². The molecule has 100 valence electrons. The summed E-state index contributed by atoms with van der Waals surface area (Å²) in [5.74, 6) is 2.09. The van der Waals surface area contributed by atoms with Gasteiger partial charge < -0.3 is 10.2 Å². The van der Waals surface area contributed by atoms with Gasteiger partial charge in [0, 0.05) is 32.2 Å². The molecule has 0 heterocycles. The van der Waals surface area contributed by atoms with E-state index in [0.717, 1.165) is 17.9 Å². The van der Waals surface area contributed by atoms with E-state index in [-0.39, 0.29) is 0 Å². The zero-order chi connectivity index (χ0) is 12.1. The SMILES string of the molecule is CCC(CC)NCCN(CC1CC1)CC1CC1. The average Bonchev–Trinajstić information content (AvgIpc) is 3.20. The van der Waals surface area contributed by atoms with Gasteiger partial charge in [0.25, 0.3) is 0 Å². The fourth-order valence-electron chi connectivity index (χ4n) is 2.59. The van der Waals surface area contributed by atoms with Crippen LogP contribution in [0.3, 0.4) is 0 Å². The molecule has 2 fully saturated rings. The largest absolute Gasteiger partial charge is 0.313 e. The second-order valence-corrected chi connectivity index (χ2v) is 6.11. The first-order valence-corrected chi connectivity index (χ1v) is 7.77. The zero-order valence-electron chi connectivity index (χ0n) is 11.8. The maximum Gasteiger partial charge on any atom is 0.0107 e. The monoisotopic (exact) mass is 238 g/mol. The van der Waals surface area contributed by atoms with Crippen molar-refractivity contribution in [2.45, 2.75) is 58.4 Å². The lowest BCUT2D eigenvalue weighted by Gasteiger charge is -2.24. The Hall–Kier alpha value is -0.0800. The molecule has 0 aromatic carbocycles. The summed E-state index contributed by atoms with van der Waals surface area (Å²) >= 11 is 0. The maximum absolute atomic E-state index is 3.70. The molecule has 1 N–H and O–H groups in total. The molecule has 0 aromatic heterocycles. The van der Waals surface area contributed by atoms with Crippen molar-refractivity contribution in [1.29, 1.82) is 0 Å². The molecule has 0 spiro atoms. The highest BCUT2D eigenvalue weighted by Crippen LogP contribution is 2.33. The Morgan fingerprint density at radius 2 is 1.53 bits per heavy atom. The molecule has 0 unspecified atom stereocenters. The molecule has 2 heteroatoms. The number of hydrogen-bond donors (Lipinski definition) is 1. The molecule has 0 aromatic rings. The predicted octanol–water partition coefficient (Wildman–Crippen LogP) is 2.89. The van der Waals surface area contributed by atoms with Crippen LogP contribution in [0.1, 0.15) is 52.4 Å². The zero-order valence-corrected chi connectivity index (χ0v) is 11.8. The van der Waals surface area contributed by atoms with Crippen molar-refractivity contribution in [3.05, 3.63) is 0 Å². The van der Waals surface area contributed by atoms with E-state index in [4.69, 9.17) is 0 Å². The summed E-state index contributed by atoms with van der Waals surface area (Å²) in [6.45, 7) is 9.78. The molecule has 0 atom stereocenters. The van der Waals surface area contributed by atoms with Crippen molar-refractivity contribution < 1.29 is 0 Å². The van der Waals surface area contributed by atoms with Gasteiger partial charge >= 0.3 is 0 Å². The summed E-state index contributed by atoms with van der Waals surface area (Å²) in [4.78, 5) is 2.73. The van der Waals surface area contributed by atoms with Crippen LogP contribution in [0.4, 0.5) is 0 Å². The molecule has 0 aliphatic heterocycles. The molecule has 2 nitrogen and oxygen atoms in total. The van der Waals surface area contributed by atoms with Crippen molar-refractivity contribution in [3.63, 3.8) is 0 Å². The third-order valence-electron chi connectivity index (χ3n) is 4.27. The van der Waals surface area contributed by atoms with Gasteiger partial charge in [0.05, 0.1) is 0 Å². The van der Waals surface area contributed by atoms with Gasteiger partial charge in [-0.1, -0.05) is 13.8 Å². The van der Waals surface area contributed by atoms with Gasteiger partial charge in [-0.25, -0.2) is 0 Å². The van der Waals surface area contributed by atoms with Crippen LogP contribution in [-0.4, -0.2) is 37.1 Å². The molecule has 0 saturated heterocycles. The van der Waals surface area contributed by atoms with Crippen LogP contribution >= 0.6 is 0 Å². The molecule has 0 bridgehead atoms. The summed E-state index contributed by atoms with van der Waals surface area (Å²) in [6.07, 6.45) is 8.48. The van der Waals surface area contributed by atoms with Crippen LogP contribution in [-0.2, 0) is 0 Å². The van der Waals surface area contributed by atoms with E-state index >= 15 is 0 Å². The van der Waals surface area contributed by atoms with Gasteiger partial charge in [0.15, 0.2) is 0 Å². The third-order valence-corrected chi connectivity index (χ3v) is 4.27. The van der Waals surface area contributed by atoms with Crippen LogP contribution < -0.4 is 5.32 Å². The van der Waals surface area contributed by atoms with Gasteiger partial charge in [-0.2, -0.15) is 0 Å². The number of nitrogens with one attached hydrogen (secondary N) is 1. The highest BCUT2D eigenvalue weighted by molar-refractivity contribution is 4.82. The molecule has 2 aliphatic rings. The first-order valence-electron chi connectivity index (χ1n) is 7.77. The standard InChI is InChI=1S/C15H30N2/c1-3-15(4-2)16-9-10-17(11-13-5-6-13)12-14-7-8-14/h13-16H,3-12H2,1-2H3. The van der Waals surface area contributed by atoms with Crippen LogP contribution in [0.25, 0.3) is 0 Å². The van der Waals surface area contributed by atoms with Gasteiger partial charge in [-0.15, -0.1) is 0 Å². The Balaban J connectivity index is 1.60. The lowest BCUT2D eigenvalue weighted by Crippen LogP contribution is -2.38. The smallest absolute Gasteiger partial charge is 0.0107 e. The van der Waals surface area contributed by atoms with E-state index in [1.807, 2.05) is 0 Å². The Bertz CT molecular complexity index is 191. The molecule has 17 heavy (non-hydrogen) atoms. The first kappa shape index (κ1) is 13.4. The van der Waals surface area contributed by atoms with E-state index in [0.29, 0.717) is 0 Å². The second-order valence-electron chi connectivity index (χ2n) is 6.11. The van der Waals surface area contributed by atoms with E-state index in [1.165, 1.54) is 64.7 Å². The van der Waals surface area contributed by atoms with Crippen molar-refractivity contribution >= 4 is 0 Å². The highest BCUT2D eigenvalue weighted by atomic mass is 15.1. The fraction of sp³-hybridized carbons (Fsp3) is 1.00. The first-order chi connectivity index (χ1) is 8.31. The van der Waals surface area contributed by atoms with Crippen LogP contribution in [0.2, 0.25) is 0 Å². The highest BCUT2D eigenvalue weighted by Gasteiger charge is 2.28. The summed E-state index contributed by atoms with van der Waals surface area (Å²) in [5.41, 5.74) is 0. The van der Waals surface area contributed by atoms with Crippen molar-refractivity contribution in [2.24, 2.45) is 11.8 Å². The summed E-state index contributed by atoms with van der Waals surface area (Å²) in [6, 6.07) is 0.735. The summed E-state index contributed by atoms with van der Waals surface area (Å²) in [7, 11) is 0. The minimum Gasteiger partial charge on any atom is -0.313 e. The maximum atomic E-state index is 3.70. The minimum atomic E-state index is 0.735. The third kappa shape index (κ3) is 5.39. The Morgan fingerprint density at radius 3 is 1.94 bits per heavy atom. The fourth-order valence-corrected chi connectivity index (χ4v) is 2.59. The van der Waals surface area contributed by atoms with Gasteiger partial charge in [0.2, 0.25) is 0 Å². The van der Waals surface area contributed by atoms with Crippen LogP contribution in [0.15, 0.2) is 0 Å². The molecular formula is C15H30N2. The lowest BCUT2D eigenvalue weighted by atomic mass is 10.2. The summed E-state index contributed by atoms with van der Waals surface area (Å²) in [5, 5.41) is 3.70. The Labute approximate surface area is 107 Å². The number of nitrogens with zero attached hydrogens (tertiary/aromatic N) is 1. The molecule has 2 saturated carbocycles. The quantitative estimate of drug-likeness (QED) is 0.629. The predicted molar refractivity (Wildman–Crippen MR) is 74.3 cm³/mol. The van der Waals surface area contributed by atoms with E-state index in [1.54, 1.807) is 0 Å². The molecule has 0 amide bonds. The topological polar surface area (TPSA) is 15.3 Å². The number of rotatable bonds is 10. The Kier molecular flexibility index (Phi) is 5.30. The van der Waals surface area contributed by atoms with Crippen molar-refractivity contribution in [2.75, 3.05) is 26.2 Å². The van der Waals surface area contributed by atoms with Crippen LogP contribution in [0, 0.1) is 11.8 Å². The molecule has 2 rings (SSSR count). The van der Waals surface area contributed by atoms with E-state index in [2.05, 4.69) is 24.1 Å². The number of hydrogen-bond acceptors (Lipinski definition) is 2. The van der Waals surface area contributed by atoms with Crippen molar-refractivity contribution in [3.8, 4) is 0 Å². The molecule has 2 aliphatic carbocycles. The normalized spacial score (nSPS) is 20.5. The van der Waals surface area contributed by atoms with E-state index < -0.39 is 0 Å². The molecular weight excluding hydrogens is 208 g/mol. The minimum absolute atomic E-state index is 0.735. The lowest BCUT2D eigenvalue weighted by molar-refractivity contribution is 0.247. The average molecular weight is 238 g/mol. The van der Waals surface area contributed by atoms with Gasteiger partial charge in [-0.3, -0.25) is 0 Å².